The van der Waals surface area contributed by atoms with Crippen molar-refractivity contribution in [2.24, 2.45) is 0 Å². The third kappa shape index (κ3) is 4.99. The maximum Gasteiger partial charge on any atom is 0.349 e. The minimum Gasteiger partial charge on any atom is -0.325 e. The maximum absolute atomic E-state index is 12.7. The molecule has 0 saturated heterocycles. The van der Waals surface area contributed by atoms with Crippen molar-refractivity contribution in [1.29, 1.82) is 0 Å². The lowest BCUT2D eigenvalue weighted by Crippen LogP contribution is -2.30. The predicted molar refractivity (Wildman–Crippen MR) is 122 cm³/mol. The summed E-state index contributed by atoms with van der Waals surface area (Å²) in [5.41, 5.74) is 2.74. The van der Waals surface area contributed by atoms with Crippen LogP contribution in [0.2, 0.25) is 0 Å². The molecule has 0 unspecified atom stereocenters. The van der Waals surface area contributed by atoms with Crippen molar-refractivity contribution in [3.63, 3.8) is 0 Å². The number of thioether (sulfide) groups is 1. The lowest BCUT2D eigenvalue weighted by Gasteiger charge is -2.22. The summed E-state index contributed by atoms with van der Waals surface area (Å²) in [4.78, 5) is 30.6. The van der Waals surface area contributed by atoms with Gasteiger partial charge in [0.25, 0.3) is 0 Å². The summed E-state index contributed by atoms with van der Waals surface area (Å²) in [5, 5.41) is 5.61. The number of nitrogens with zero attached hydrogens (tertiary/aromatic N) is 2. The molecule has 0 aliphatic heterocycles. The van der Waals surface area contributed by atoms with Gasteiger partial charge in [0.15, 0.2) is 0 Å². The summed E-state index contributed by atoms with van der Waals surface area (Å²) in [6, 6.07) is 11.5. The molecule has 0 atom stereocenters. The number of hydrogen-bond acceptors (Lipinski definition) is 5. The Labute approximate surface area is 185 Å². The van der Waals surface area contributed by atoms with Gasteiger partial charge in [-0.3, -0.25) is 9.36 Å². The highest BCUT2D eigenvalue weighted by Crippen LogP contribution is 2.29. The molecule has 0 bridgehead atoms. The number of aromatic nitrogens is 2. The van der Waals surface area contributed by atoms with Crippen LogP contribution in [0.15, 0.2) is 56.1 Å². The van der Waals surface area contributed by atoms with Crippen molar-refractivity contribution in [2.45, 2.75) is 37.3 Å². The van der Waals surface area contributed by atoms with Crippen molar-refractivity contribution in [3.8, 4) is 0 Å². The Hall–Kier alpha value is -1.90. The molecule has 8 heteroatoms. The summed E-state index contributed by atoms with van der Waals surface area (Å²) in [6.45, 7) is 0.570. The van der Waals surface area contributed by atoms with Crippen molar-refractivity contribution in [1.82, 2.24) is 9.55 Å². The molecular formula is C21H20BrN3O2S2. The molecule has 150 valence electrons. The largest absolute Gasteiger partial charge is 0.349 e. The van der Waals surface area contributed by atoms with Crippen LogP contribution in [0, 0.1) is 0 Å². The fourth-order valence-corrected chi connectivity index (χ4v) is 5.29. The van der Waals surface area contributed by atoms with Gasteiger partial charge in [-0.25, -0.2) is 4.79 Å². The molecule has 1 aromatic carbocycles. The number of fused-ring (bicyclic) bond motifs is 1. The molecule has 5 nitrogen and oxygen atoms in total. The third-order valence-corrected chi connectivity index (χ3v) is 7.22. The molecule has 4 rings (SSSR count). The van der Waals surface area contributed by atoms with Crippen molar-refractivity contribution < 1.29 is 4.79 Å². The van der Waals surface area contributed by atoms with Gasteiger partial charge in [-0.15, -0.1) is 11.3 Å². The van der Waals surface area contributed by atoms with E-state index in [1.807, 2.05) is 46.3 Å². The average Bonchev–Trinajstić information content (AvgIpc) is 3.24. The van der Waals surface area contributed by atoms with Crippen LogP contribution in [0.25, 0.3) is 0 Å². The van der Waals surface area contributed by atoms with Crippen LogP contribution in [0.3, 0.4) is 0 Å². The molecule has 3 aromatic rings. The number of benzene rings is 1. The third-order valence-electron chi connectivity index (χ3n) is 4.81. The van der Waals surface area contributed by atoms with Gasteiger partial charge in [0.05, 0.1) is 12.3 Å². The van der Waals surface area contributed by atoms with E-state index in [1.165, 1.54) is 11.8 Å². The molecule has 0 saturated carbocycles. The Morgan fingerprint density at radius 1 is 1.21 bits per heavy atom. The first-order chi connectivity index (χ1) is 14.1. The second-order valence-electron chi connectivity index (χ2n) is 6.84. The first kappa shape index (κ1) is 20.4. The van der Waals surface area contributed by atoms with Crippen LogP contribution in [0.1, 0.15) is 29.0 Å². The number of carbonyl (C=O) groups excluding carboxylic acids is 1. The van der Waals surface area contributed by atoms with Crippen molar-refractivity contribution in [3.05, 3.63) is 72.9 Å². The zero-order valence-electron chi connectivity index (χ0n) is 15.7. The van der Waals surface area contributed by atoms with Crippen LogP contribution in [0.5, 0.6) is 0 Å². The van der Waals surface area contributed by atoms with Crippen LogP contribution in [-0.2, 0) is 24.2 Å². The Morgan fingerprint density at radius 2 is 2.00 bits per heavy atom. The molecule has 0 radical (unpaired) electrons. The normalized spacial score (nSPS) is 13.1. The second-order valence-corrected chi connectivity index (χ2v) is 9.75. The summed E-state index contributed by atoms with van der Waals surface area (Å²) < 4.78 is 2.77. The van der Waals surface area contributed by atoms with Gasteiger partial charge in [0, 0.05) is 26.3 Å². The fourth-order valence-electron chi connectivity index (χ4n) is 3.45. The lowest BCUT2D eigenvalue weighted by atomic mass is 9.97. The SMILES string of the molecule is O=C(CSc1nc(=O)n(Cc2cccs2)c2c1CCCC2)Nc1ccc(Br)cc1. The first-order valence-electron chi connectivity index (χ1n) is 9.43. The van der Waals surface area contributed by atoms with E-state index in [9.17, 15) is 9.59 Å². The highest BCUT2D eigenvalue weighted by atomic mass is 79.9. The molecule has 1 amide bonds. The van der Waals surface area contributed by atoms with Gasteiger partial charge < -0.3 is 5.32 Å². The second kappa shape index (κ2) is 9.28. The van der Waals surface area contributed by atoms with E-state index < -0.39 is 0 Å². The monoisotopic (exact) mass is 489 g/mol. The van der Waals surface area contributed by atoms with E-state index in [0.29, 0.717) is 11.6 Å². The van der Waals surface area contributed by atoms with E-state index in [-0.39, 0.29) is 17.3 Å². The Kier molecular flexibility index (Phi) is 6.52. The standard InChI is InChI=1S/C21H20BrN3O2S2/c22-14-7-9-15(10-8-14)23-19(26)13-29-20-17-5-1-2-6-18(17)25(21(27)24-20)12-16-4-3-11-28-16/h3-4,7-11H,1-2,5-6,12-13H2,(H,23,26). The van der Waals surface area contributed by atoms with Crippen molar-refractivity contribution >= 4 is 50.6 Å². The van der Waals surface area contributed by atoms with Gasteiger partial charge in [-0.05, 0) is 61.4 Å². The average molecular weight is 490 g/mol. The Bertz CT molecular complexity index is 1060. The smallest absolute Gasteiger partial charge is 0.325 e. The molecule has 1 N–H and O–H groups in total. The molecule has 0 spiro atoms. The zero-order chi connectivity index (χ0) is 20.2. The topological polar surface area (TPSA) is 64.0 Å². The van der Waals surface area contributed by atoms with E-state index in [4.69, 9.17) is 0 Å². The highest BCUT2D eigenvalue weighted by molar-refractivity contribution is 9.10. The summed E-state index contributed by atoms with van der Waals surface area (Å²) >= 11 is 6.38. The minimum atomic E-state index is -0.227. The van der Waals surface area contributed by atoms with Crippen LogP contribution >= 0.6 is 39.0 Å². The molecule has 2 aromatic heterocycles. The number of anilines is 1. The van der Waals surface area contributed by atoms with E-state index in [1.54, 1.807) is 11.3 Å². The first-order valence-corrected chi connectivity index (χ1v) is 12.1. The number of rotatable bonds is 6. The number of amides is 1. The van der Waals surface area contributed by atoms with Gasteiger partial charge in [-0.2, -0.15) is 4.98 Å². The number of thiophene rings is 1. The molecule has 2 heterocycles. The summed E-state index contributed by atoms with van der Waals surface area (Å²) in [5.74, 6) is 0.121. The number of hydrogen-bond donors (Lipinski definition) is 1. The summed E-state index contributed by atoms with van der Waals surface area (Å²) in [7, 11) is 0. The number of carbonyl (C=O) groups is 1. The Morgan fingerprint density at radius 3 is 2.76 bits per heavy atom. The zero-order valence-corrected chi connectivity index (χ0v) is 18.9. The van der Waals surface area contributed by atoms with E-state index >= 15 is 0 Å². The lowest BCUT2D eigenvalue weighted by molar-refractivity contribution is -0.113. The molecule has 0 fully saturated rings. The minimum absolute atomic E-state index is 0.105. The predicted octanol–water partition coefficient (Wildman–Crippen LogP) is 4.73. The van der Waals surface area contributed by atoms with Crippen molar-refractivity contribution in [2.75, 3.05) is 11.1 Å². The Balaban J connectivity index is 1.51. The molecule has 1 aliphatic carbocycles. The highest BCUT2D eigenvalue weighted by Gasteiger charge is 2.21. The maximum atomic E-state index is 12.7. The van der Waals surface area contributed by atoms with Crippen LogP contribution in [-0.4, -0.2) is 21.2 Å². The summed E-state index contributed by atoms with van der Waals surface area (Å²) in [6.07, 6.45) is 3.96. The van der Waals surface area contributed by atoms with E-state index in [0.717, 1.165) is 52.0 Å². The molecular weight excluding hydrogens is 470 g/mol. The van der Waals surface area contributed by atoms with Gasteiger partial charge in [0.2, 0.25) is 5.91 Å². The van der Waals surface area contributed by atoms with Gasteiger partial charge in [0.1, 0.15) is 5.03 Å². The number of nitrogens with one attached hydrogen (secondary N) is 1. The number of halogens is 1. The fraction of sp³-hybridized carbons (Fsp3) is 0.286. The molecule has 1 aliphatic rings. The van der Waals surface area contributed by atoms with E-state index in [2.05, 4.69) is 26.2 Å². The van der Waals surface area contributed by atoms with Gasteiger partial charge in [-0.1, -0.05) is 33.8 Å². The van der Waals surface area contributed by atoms with Crippen LogP contribution in [0.4, 0.5) is 5.69 Å². The quantitative estimate of drug-likeness (QED) is 0.401. The van der Waals surface area contributed by atoms with Crippen LogP contribution < -0.4 is 11.0 Å². The van der Waals surface area contributed by atoms with Gasteiger partial charge >= 0.3 is 5.69 Å². The molecule has 29 heavy (non-hydrogen) atoms.